The summed E-state index contributed by atoms with van der Waals surface area (Å²) >= 11 is 12.3. The lowest BCUT2D eigenvalue weighted by atomic mass is 10.2. The average Bonchev–Trinajstić information content (AvgIpc) is 2.43. The Kier molecular flexibility index (Phi) is 5.21. The number of aryl methyl sites for hydroxylation is 1. The van der Waals surface area contributed by atoms with Crippen LogP contribution in [0.5, 0.6) is 0 Å². The van der Waals surface area contributed by atoms with Crippen molar-refractivity contribution >= 4 is 29.0 Å². The van der Waals surface area contributed by atoms with Crippen LogP contribution in [0.3, 0.4) is 0 Å². The van der Waals surface area contributed by atoms with E-state index in [0.717, 1.165) is 40.6 Å². The standard InChI is InChI=1S/C15H17Cl2N3/c1-3-6-13-19-14(17)10(2)15(20-13)18-9-11-7-4-5-8-12(11)16/h4-5,7-8H,3,6,9H2,1-2H3,(H,18,19,20). The van der Waals surface area contributed by atoms with E-state index < -0.39 is 0 Å². The third-order valence-corrected chi connectivity index (χ3v) is 3.75. The predicted molar refractivity (Wildman–Crippen MR) is 84.6 cm³/mol. The molecule has 0 saturated carbocycles. The van der Waals surface area contributed by atoms with Gasteiger partial charge in [0.1, 0.15) is 16.8 Å². The fraction of sp³-hybridized carbons (Fsp3) is 0.333. The van der Waals surface area contributed by atoms with Crippen molar-refractivity contribution in [3.63, 3.8) is 0 Å². The van der Waals surface area contributed by atoms with Gasteiger partial charge in [-0.15, -0.1) is 0 Å². The second-order valence-electron chi connectivity index (χ2n) is 4.60. The molecule has 0 bridgehead atoms. The molecule has 1 heterocycles. The molecule has 2 aromatic rings. The molecule has 0 saturated heterocycles. The van der Waals surface area contributed by atoms with Gasteiger partial charge in [0.25, 0.3) is 0 Å². The summed E-state index contributed by atoms with van der Waals surface area (Å²) in [6, 6.07) is 7.74. The van der Waals surface area contributed by atoms with Gasteiger partial charge >= 0.3 is 0 Å². The van der Waals surface area contributed by atoms with Gasteiger partial charge in [-0.25, -0.2) is 9.97 Å². The number of hydrogen-bond donors (Lipinski definition) is 1. The average molecular weight is 310 g/mol. The molecule has 0 atom stereocenters. The highest BCUT2D eigenvalue weighted by Gasteiger charge is 2.09. The van der Waals surface area contributed by atoms with E-state index in [2.05, 4.69) is 22.2 Å². The van der Waals surface area contributed by atoms with Crippen molar-refractivity contribution in [2.45, 2.75) is 33.2 Å². The summed E-state index contributed by atoms with van der Waals surface area (Å²) in [5.74, 6) is 1.54. The van der Waals surface area contributed by atoms with Crippen molar-refractivity contribution in [2.75, 3.05) is 5.32 Å². The highest BCUT2D eigenvalue weighted by atomic mass is 35.5. The fourth-order valence-electron chi connectivity index (χ4n) is 1.86. The maximum absolute atomic E-state index is 6.15. The molecule has 0 spiro atoms. The molecule has 0 aliphatic rings. The van der Waals surface area contributed by atoms with E-state index in [9.17, 15) is 0 Å². The Hall–Kier alpha value is -1.32. The lowest BCUT2D eigenvalue weighted by Crippen LogP contribution is -2.07. The molecule has 2 rings (SSSR count). The van der Waals surface area contributed by atoms with Gasteiger partial charge in [-0.3, -0.25) is 0 Å². The summed E-state index contributed by atoms with van der Waals surface area (Å²) in [4.78, 5) is 8.80. The van der Waals surface area contributed by atoms with Gasteiger partial charge in [-0.2, -0.15) is 0 Å². The Morgan fingerprint density at radius 3 is 2.60 bits per heavy atom. The van der Waals surface area contributed by atoms with E-state index in [1.165, 1.54) is 0 Å². The molecular formula is C15H17Cl2N3. The Labute approximate surface area is 129 Å². The predicted octanol–water partition coefficient (Wildman–Crippen LogP) is 4.66. The second-order valence-corrected chi connectivity index (χ2v) is 5.36. The van der Waals surface area contributed by atoms with Crippen LogP contribution < -0.4 is 5.32 Å². The van der Waals surface area contributed by atoms with Crippen LogP contribution in [0, 0.1) is 6.92 Å². The van der Waals surface area contributed by atoms with E-state index in [0.29, 0.717) is 11.7 Å². The zero-order chi connectivity index (χ0) is 14.5. The van der Waals surface area contributed by atoms with Gasteiger partial charge < -0.3 is 5.32 Å². The minimum absolute atomic E-state index is 0.505. The number of rotatable bonds is 5. The van der Waals surface area contributed by atoms with Crippen LogP contribution >= 0.6 is 23.2 Å². The Morgan fingerprint density at radius 2 is 1.90 bits per heavy atom. The second kappa shape index (κ2) is 6.91. The molecule has 0 aliphatic heterocycles. The summed E-state index contributed by atoms with van der Waals surface area (Å²) in [6.45, 7) is 4.61. The highest BCUT2D eigenvalue weighted by Crippen LogP contribution is 2.22. The molecule has 0 aliphatic carbocycles. The van der Waals surface area contributed by atoms with E-state index in [-0.39, 0.29) is 0 Å². The number of hydrogen-bond acceptors (Lipinski definition) is 3. The molecule has 0 unspecified atom stereocenters. The van der Waals surface area contributed by atoms with Crippen LogP contribution in [0.4, 0.5) is 5.82 Å². The zero-order valence-electron chi connectivity index (χ0n) is 11.6. The third kappa shape index (κ3) is 3.62. The number of nitrogens with one attached hydrogen (secondary N) is 1. The van der Waals surface area contributed by atoms with E-state index in [1.807, 2.05) is 31.2 Å². The minimum atomic E-state index is 0.505. The summed E-state index contributed by atoms with van der Waals surface area (Å²) in [5.41, 5.74) is 1.89. The first kappa shape index (κ1) is 15.1. The quantitative estimate of drug-likeness (QED) is 0.816. The molecule has 3 nitrogen and oxygen atoms in total. The normalized spacial score (nSPS) is 10.6. The number of anilines is 1. The summed E-state index contributed by atoms with van der Waals surface area (Å²) in [7, 11) is 0. The zero-order valence-corrected chi connectivity index (χ0v) is 13.1. The van der Waals surface area contributed by atoms with Crippen molar-refractivity contribution in [3.05, 3.63) is 51.4 Å². The lowest BCUT2D eigenvalue weighted by Gasteiger charge is -2.12. The first-order valence-corrected chi connectivity index (χ1v) is 7.37. The van der Waals surface area contributed by atoms with Gasteiger partial charge in [-0.05, 0) is 25.0 Å². The van der Waals surface area contributed by atoms with Crippen LogP contribution in [0.25, 0.3) is 0 Å². The molecule has 20 heavy (non-hydrogen) atoms. The number of halogens is 2. The summed E-state index contributed by atoms with van der Waals surface area (Å²) < 4.78 is 0. The molecule has 0 radical (unpaired) electrons. The topological polar surface area (TPSA) is 37.8 Å². The van der Waals surface area contributed by atoms with Crippen molar-refractivity contribution in [1.29, 1.82) is 0 Å². The monoisotopic (exact) mass is 309 g/mol. The smallest absolute Gasteiger partial charge is 0.137 e. The minimum Gasteiger partial charge on any atom is -0.366 e. The first-order chi connectivity index (χ1) is 9.61. The number of benzene rings is 1. The van der Waals surface area contributed by atoms with Crippen molar-refractivity contribution < 1.29 is 0 Å². The molecule has 106 valence electrons. The fourth-order valence-corrected chi connectivity index (χ4v) is 2.25. The van der Waals surface area contributed by atoms with E-state index in [1.54, 1.807) is 0 Å². The van der Waals surface area contributed by atoms with Crippen molar-refractivity contribution in [3.8, 4) is 0 Å². The van der Waals surface area contributed by atoms with Gasteiger partial charge in [-0.1, -0.05) is 48.3 Å². The van der Waals surface area contributed by atoms with Crippen molar-refractivity contribution in [2.24, 2.45) is 0 Å². The lowest BCUT2D eigenvalue weighted by molar-refractivity contribution is 0.830. The summed E-state index contributed by atoms with van der Waals surface area (Å²) in [6.07, 6.45) is 1.81. The Balaban J connectivity index is 2.18. The largest absolute Gasteiger partial charge is 0.366 e. The van der Waals surface area contributed by atoms with E-state index in [4.69, 9.17) is 23.2 Å². The summed E-state index contributed by atoms with van der Waals surface area (Å²) in [5, 5.41) is 4.54. The molecular weight excluding hydrogens is 293 g/mol. The van der Waals surface area contributed by atoms with Crippen LogP contribution in [-0.2, 0) is 13.0 Å². The van der Waals surface area contributed by atoms with Gasteiger partial charge in [0, 0.05) is 23.6 Å². The maximum Gasteiger partial charge on any atom is 0.137 e. The van der Waals surface area contributed by atoms with Crippen molar-refractivity contribution in [1.82, 2.24) is 9.97 Å². The van der Waals surface area contributed by atoms with Crippen LogP contribution in [0.1, 0.15) is 30.3 Å². The first-order valence-electron chi connectivity index (χ1n) is 6.62. The van der Waals surface area contributed by atoms with Crippen LogP contribution in [0.15, 0.2) is 24.3 Å². The van der Waals surface area contributed by atoms with Gasteiger partial charge in [0.2, 0.25) is 0 Å². The van der Waals surface area contributed by atoms with Crippen LogP contribution in [0.2, 0.25) is 10.2 Å². The molecule has 1 aromatic heterocycles. The maximum atomic E-state index is 6.15. The number of aromatic nitrogens is 2. The molecule has 5 heteroatoms. The SMILES string of the molecule is CCCc1nc(Cl)c(C)c(NCc2ccccc2Cl)n1. The van der Waals surface area contributed by atoms with Gasteiger partial charge in [0.05, 0.1) is 0 Å². The molecule has 1 N–H and O–H groups in total. The molecule has 0 amide bonds. The number of nitrogens with zero attached hydrogens (tertiary/aromatic N) is 2. The molecule has 0 fully saturated rings. The van der Waals surface area contributed by atoms with Crippen LogP contribution in [-0.4, -0.2) is 9.97 Å². The Morgan fingerprint density at radius 1 is 1.15 bits per heavy atom. The van der Waals surface area contributed by atoms with E-state index >= 15 is 0 Å². The third-order valence-electron chi connectivity index (χ3n) is 3.01. The van der Waals surface area contributed by atoms with Gasteiger partial charge in [0.15, 0.2) is 0 Å². The molecule has 1 aromatic carbocycles. The Bertz CT molecular complexity index is 600. The highest BCUT2D eigenvalue weighted by molar-refractivity contribution is 6.31.